The van der Waals surface area contributed by atoms with Crippen molar-refractivity contribution in [1.82, 2.24) is 4.90 Å². The minimum absolute atomic E-state index is 0.0276. The minimum Gasteiger partial charge on any atom is -0.464 e. The molecular weight excluding hydrogens is 256 g/mol. The van der Waals surface area contributed by atoms with Gasteiger partial charge in [-0.15, -0.1) is 0 Å². The highest BCUT2D eigenvalue weighted by Crippen LogP contribution is 2.17. The van der Waals surface area contributed by atoms with Crippen molar-refractivity contribution in [3.8, 4) is 0 Å². The van der Waals surface area contributed by atoms with Gasteiger partial charge < -0.3 is 15.4 Å². The molecular formula is C15H20N2O3. The summed E-state index contributed by atoms with van der Waals surface area (Å²) in [7, 11) is 1.87. The Morgan fingerprint density at radius 2 is 2.20 bits per heavy atom. The number of esters is 1. The monoisotopic (exact) mass is 276 g/mol. The second-order valence-electron chi connectivity index (χ2n) is 4.60. The van der Waals surface area contributed by atoms with Gasteiger partial charge in [-0.05, 0) is 25.3 Å². The zero-order valence-corrected chi connectivity index (χ0v) is 12.0. The molecule has 0 spiro atoms. The third kappa shape index (κ3) is 4.42. The highest BCUT2D eigenvalue weighted by atomic mass is 16.5. The van der Waals surface area contributed by atoms with Gasteiger partial charge in [-0.2, -0.15) is 0 Å². The Kier molecular flexibility index (Phi) is 5.77. The predicted octanol–water partition coefficient (Wildman–Crippen LogP) is 1.94. The van der Waals surface area contributed by atoms with Crippen molar-refractivity contribution in [2.45, 2.75) is 19.9 Å². The first-order chi connectivity index (χ1) is 9.45. The molecule has 0 aliphatic rings. The lowest BCUT2D eigenvalue weighted by Crippen LogP contribution is -2.29. The largest absolute Gasteiger partial charge is 0.464 e. The van der Waals surface area contributed by atoms with E-state index in [1.165, 1.54) is 6.92 Å². The molecule has 108 valence electrons. The molecule has 0 saturated heterocycles. The topological polar surface area (TPSA) is 72.6 Å². The molecule has 1 atom stereocenters. The highest BCUT2D eigenvalue weighted by Gasteiger charge is 2.08. The van der Waals surface area contributed by atoms with Crippen LogP contribution in [-0.2, 0) is 9.53 Å². The van der Waals surface area contributed by atoms with Crippen LogP contribution in [0.4, 0.5) is 5.69 Å². The van der Waals surface area contributed by atoms with Crippen LogP contribution in [0.3, 0.4) is 0 Å². The summed E-state index contributed by atoms with van der Waals surface area (Å²) in [6.07, 6.45) is 4.37. The fourth-order valence-corrected chi connectivity index (χ4v) is 1.59. The predicted molar refractivity (Wildman–Crippen MR) is 79.1 cm³/mol. The number of nitrogen functional groups attached to an aromatic ring is 1. The molecule has 0 bridgehead atoms. The van der Waals surface area contributed by atoms with Gasteiger partial charge >= 0.3 is 5.97 Å². The second kappa shape index (κ2) is 7.33. The van der Waals surface area contributed by atoms with Crippen LogP contribution in [0.2, 0.25) is 0 Å². The summed E-state index contributed by atoms with van der Waals surface area (Å²) in [5.74, 6) is -0.301. The Morgan fingerprint density at radius 1 is 1.50 bits per heavy atom. The minimum atomic E-state index is -0.301. The van der Waals surface area contributed by atoms with Gasteiger partial charge in [0, 0.05) is 30.8 Å². The number of nitrogens with zero attached hydrogens (tertiary/aromatic N) is 1. The Labute approximate surface area is 119 Å². The van der Waals surface area contributed by atoms with Crippen molar-refractivity contribution in [2.24, 2.45) is 0 Å². The van der Waals surface area contributed by atoms with E-state index in [1.807, 2.05) is 25.1 Å². The van der Waals surface area contributed by atoms with Crippen molar-refractivity contribution >= 4 is 24.0 Å². The molecule has 0 aromatic heterocycles. The Bertz CT molecular complexity index is 512. The summed E-state index contributed by atoms with van der Waals surface area (Å²) in [6, 6.07) is 5.23. The van der Waals surface area contributed by atoms with Gasteiger partial charge in [0.15, 0.2) is 6.29 Å². The lowest BCUT2D eigenvalue weighted by Gasteiger charge is -2.22. The van der Waals surface area contributed by atoms with Crippen LogP contribution in [0.5, 0.6) is 0 Å². The molecule has 1 rings (SSSR count). The maximum atomic E-state index is 11.0. The molecule has 1 aromatic rings. The number of nitrogens with two attached hydrogens (primary N) is 1. The number of carbonyl (C=O) groups is 2. The quantitative estimate of drug-likeness (QED) is 0.488. The average molecular weight is 276 g/mol. The summed E-state index contributed by atoms with van der Waals surface area (Å²) in [4.78, 5) is 23.6. The molecule has 2 N–H and O–H groups in total. The van der Waals surface area contributed by atoms with Crippen LogP contribution in [-0.4, -0.2) is 36.9 Å². The first-order valence-corrected chi connectivity index (χ1v) is 6.33. The van der Waals surface area contributed by atoms with Crippen molar-refractivity contribution in [1.29, 1.82) is 0 Å². The van der Waals surface area contributed by atoms with E-state index in [1.54, 1.807) is 24.3 Å². The highest BCUT2D eigenvalue weighted by molar-refractivity contribution is 5.86. The zero-order chi connectivity index (χ0) is 15.1. The summed E-state index contributed by atoms with van der Waals surface area (Å²) in [5.41, 5.74) is 7.64. The van der Waals surface area contributed by atoms with Crippen LogP contribution >= 0.6 is 0 Å². The first-order valence-electron chi connectivity index (χ1n) is 6.33. The zero-order valence-electron chi connectivity index (χ0n) is 12.0. The molecule has 0 fully saturated rings. The van der Waals surface area contributed by atoms with Gasteiger partial charge in [0.1, 0.15) is 6.61 Å². The number of carbonyl (C=O) groups excluding carboxylic acids is 2. The molecule has 5 heteroatoms. The Morgan fingerprint density at radius 3 is 2.80 bits per heavy atom. The summed E-state index contributed by atoms with van der Waals surface area (Å²) in [5, 5.41) is 0. The van der Waals surface area contributed by atoms with Crippen molar-refractivity contribution in [2.75, 3.05) is 19.4 Å². The molecule has 0 aliphatic heterocycles. The normalized spacial score (nSPS) is 12.2. The van der Waals surface area contributed by atoms with E-state index in [0.717, 1.165) is 6.29 Å². The third-order valence-corrected chi connectivity index (χ3v) is 3.00. The van der Waals surface area contributed by atoms with Crippen LogP contribution in [0.1, 0.15) is 29.8 Å². The molecule has 5 nitrogen and oxygen atoms in total. The molecule has 0 radical (unpaired) electrons. The van der Waals surface area contributed by atoms with Gasteiger partial charge in [-0.3, -0.25) is 9.59 Å². The van der Waals surface area contributed by atoms with Crippen molar-refractivity contribution in [3.63, 3.8) is 0 Å². The number of aldehydes is 1. The van der Waals surface area contributed by atoms with Gasteiger partial charge in [-0.25, -0.2) is 0 Å². The third-order valence-electron chi connectivity index (χ3n) is 3.00. The van der Waals surface area contributed by atoms with Gasteiger partial charge in [0.05, 0.1) is 6.04 Å². The lowest BCUT2D eigenvalue weighted by atomic mass is 10.1. The summed E-state index contributed by atoms with van der Waals surface area (Å²) < 4.78 is 4.95. The molecule has 0 saturated carbocycles. The standard InChI is InChI=1S/C15H20N2O3/c1-11(10-20-12(2)19)17(3)8-7-14-13(9-18)5-4-6-15(14)16/h4-9,11H,10,16H2,1-3H3/b8-7-. The summed E-state index contributed by atoms with van der Waals surface area (Å²) in [6.45, 7) is 3.62. The molecule has 1 aromatic carbocycles. The molecule has 0 aliphatic carbocycles. The molecule has 0 heterocycles. The van der Waals surface area contributed by atoms with Crippen LogP contribution in [0, 0.1) is 0 Å². The van der Waals surface area contributed by atoms with E-state index in [-0.39, 0.29) is 12.0 Å². The van der Waals surface area contributed by atoms with E-state index in [0.29, 0.717) is 23.4 Å². The fourth-order valence-electron chi connectivity index (χ4n) is 1.59. The number of anilines is 1. The van der Waals surface area contributed by atoms with Crippen LogP contribution in [0.15, 0.2) is 24.4 Å². The van der Waals surface area contributed by atoms with Gasteiger partial charge in [0.25, 0.3) is 0 Å². The molecule has 0 amide bonds. The molecule has 1 unspecified atom stereocenters. The number of hydrogen-bond donors (Lipinski definition) is 1. The van der Waals surface area contributed by atoms with Gasteiger partial charge in [-0.1, -0.05) is 12.1 Å². The van der Waals surface area contributed by atoms with E-state index in [9.17, 15) is 9.59 Å². The number of rotatable bonds is 6. The number of ether oxygens (including phenoxy) is 1. The van der Waals surface area contributed by atoms with Gasteiger partial charge in [0.2, 0.25) is 0 Å². The number of likely N-dealkylation sites (N-methyl/N-ethyl adjacent to an activating group) is 1. The number of benzene rings is 1. The Hall–Kier alpha value is -2.30. The first kappa shape index (κ1) is 15.8. The van der Waals surface area contributed by atoms with Crippen molar-refractivity contribution < 1.29 is 14.3 Å². The van der Waals surface area contributed by atoms with E-state index >= 15 is 0 Å². The van der Waals surface area contributed by atoms with Crippen molar-refractivity contribution in [3.05, 3.63) is 35.5 Å². The van der Waals surface area contributed by atoms with E-state index < -0.39 is 0 Å². The Balaban J connectivity index is 2.77. The molecule has 20 heavy (non-hydrogen) atoms. The second-order valence-corrected chi connectivity index (χ2v) is 4.60. The lowest BCUT2D eigenvalue weighted by molar-refractivity contribution is -0.142. The van der Waals surface area contributed by atoms with Crippen LogP contribution in [0.25, 0.3) is 6.08 Å². The fraction of sp³-hybridized carbons (Fsp3) is 0.333. The maximum absolute atomic E-state index is 11.0. The average Bonchev–Trinajstić information content (AvgIpc) is 2.42. The van der Waals surface area contributed by atoms with Crippen LogP contribution < -0.4 is 5.73 Å². The van der Waals surface area contributed by atoms with E-state index in [4.69, 9.17) is 10.5 Å². The smallest absolute Gasteiger partial charge is 0.302 e. The number of hydrogen-bond acceptors (Lipinski definition) is 5. The SMILES string of the molecule is CC(=O)OCC(C)N(C)/C=C\c1c(N)cccc1C=O. The maximum Gasteiger partial charge on any atom is 0.302 e. The van der Waals surface area contributed by atoms with E-state index in [2.05, 4.69) is 0 Å². The summed E-state index contributed by atoms with van der Waals surface area (Å²) >= 11 is 0.